The summed E-state index contributed by atoms with van der Waals surface area (Å²) in [6.07, 6.45) is -2.62. The van der Waals surface area contributed by atoms with E-state index in [1.165, 1.54) is 12.1 Å². The normalized spacial score (nSPS) is 14.7. The van der Waals surface area contributed by atoms with E-state index in [0.717, 1.165) is 25.0 Å². The van der Waals surface area contributed by atoms with Gasteiger partial charge in [-0.25, -0.2) is 0 Å². The second-order valence-corrected chi connectivity index (χ2v) is 5.04. The average Bonchev–Trinajstić information content (AvgIpc) is 2.38. The minimum Gasteiger partial charge on any atom is -0.349 e. The van der Waals surface area contributed by atoms with Crippen molar-refractivity contribution < 1.29 is 18.0 Å². The molecule has 0 fully saturated rings. The van der Waals surface area contributed by atoms with Crippen LogP contribution in [0.4, 0.5) is 13.2 Å². The highest BCUT2D eigenvalue weighted by molar-refractivity contribution is 5.78. The third-order valence-electron chi connectivity index (χ3n) is 3.27. The molecule has 1 N–H and O–H groups in total. The van der Waals surface area contributed by atoms with Gasteiger partial charge in [0.25, 0.3) is 0 Å². The van der Waals surface area contributed by atoms with Crippen LogP contribution < -0.4 is 5.32 Å². The summed E-state index contributed by atoms with van der Waals surface area (Å²) < 4.78 is 37.4. The van der Waals surface area contributed by atoms with Crippen molar-refractivity contribution in [3.63, 3.8) is 0 Å². The number of nitrogens with one attached hydrogen (secondary N) is 1. The lowest BCUT2D eigenvalue weighted by Gasteiger charge is -2.18. The van der Waals surface area contributed by atoms with Crippen LogP contribution in [0, 0.1) is 5.92 Å². The zero-order valence-corrected chi connectivity index (χ0v) is 11.9. The predicted octanol–water partition coefficient (Wildman–Crippen LogP) is 4.32. The number of benzene rings is 1. The molecule has 0 aliphatic rings. The van der Waals surface area contributed by atoms with Crippen molar-refractivity contribution in [2.45, 2.75) is 45.8 Å². The Balaban J connectivity index is 2.69. The van der Waals surface area contributed by atoms with Gasteiger partial charge >= 0.3 is 6.18 Å². The lowest BCUT2D eigenvalue weighted by Crippen LogP contribution is -2.31. The van der Waals surface area contributed by atoms with E-state index in [9.17, 15) is 18.0 Å². The van der Waals surface area contributed by atoms with Gasteiger partial charge in [0, 0.05) is 5.92 Å². The first-order valence-corrected chi connectivity index (χ1v) is 6.73. The van der Waals surface area contributed by atoms with Gasteiger partial charge in [0.1, 0.15) is 0 Å². The highest BCUT2D eigenvalue weighted by Crippen LogP contribution is 2.29. The molecule has 0 aromatic heterocycles. The molecule has 112 valence electrons. The molecule has 2 atom stereocenters. The van der Waals surface area contributed by atoms with Gasteiger partial charge in [0.05, 0.1) is 11.6 Å². The number of hydrogen-bond acceptors (Lipinski definition) is 1. The number of hydrogen-bond donors (Lipinski definition) is 1. The van der Waals surface area contributed by atoms with E-state index < -0.39 is 11.7 Å². The van der Waals surface area contributed by atoms with Crippen LogP contribution >= 0.6 is 0 Å². The summed E-state index contributed by atoms with van der Waals surface area (Å²) in [7, 11) is 0. The van der Waals surface area contributed by atoms with Crippen molar-refractivity contribution in [3.05, 3.63) is 35.4 Å². The summed E-state index contributed by atoms with van der Waals surface area (Å²) in [4.78, 5) is 11.9. The van der Waals surface area contributed by atoms with Crippen LogP contribution in [0.15, 0.2) is 24.3 Å². The number of alkyl halides is 3. The Labute approximate surface area is 117 Å². The number of carbonyl (C=O) groups excluding carboxylic acids is 1. The van der Waals surface area contributed by atoms with Gasteiger partial charge in [-0.05, 0) is 31.0 Å². The molecule has 0 spiro atoms. The molecule has 0 heterocycles. The first-order valence-electron chi connectivity index (χ1n) is 6.73. The SMILES string of the molecule is CCCC(C)C(=O)NC(C)c1ccc(C(F)(F)F)cc1. The summed E-state index contributed by atoms with van der Waals surface area (Å²) in [6.45, 7) is 5.61. The van der Waals surface area contributed by atoms with E-state index in [0.29, 0.717) is 5.56 Å². The van der Waals surface area contributed by atoms with Crippen molar-refractivity contribution in [3.8, 4) is 0 Å². The lowest BCUT2D eigenvalue weighted by molar-refractivity contribution is -0.137. The maximum atomic E-state index is 12.5. The van der Waals surface area contributed by atoms with Gasteiger partial charge in [-0.2, -0.15) is 13.2 Å². The van der Waals surface area contributed by atoms with Crippen molar-refractivity contribution in [2.24, 2.45) is 5.92 Å². The topological polar surface area (TPSA) is 29.1 Å². The molecule has 0 radical (unpaired) electrons. The van der Waals surface area contributed by atoms with E-state index in [2.05, 4.69) is 5.32 Å². The quantitative estimate of drug-likeness (QED) is 0.858. The molecule has 20 heavy (non-hydrogen) atoms. The van der Waals surface area contributed by atoms with Crippen LogP contribution in [0.5, 0.6) is 0 Å². The molecule has 0 saturated carbocycles. The highest BCUT2D eigenvalue weighted by atomic mass is 19.4. The van der Waals surface area contributed by atoms with Crippen molar-refractivity contribution in [1.82, 2.24) is 5.32 Å². The Morgan fingerprint density at radius 2 is 1.75 bits per heavy atom. The minimum absolute atomic E-state index is 0.0701. The molecule has 1 aromatic rings. The van der Waals surface area contributed by atoms with E-state index in [1.54, 1.807) is 6.92 Å². The standard InChI is InChI=1S/C15H20F3NO/c1-4-5-10(2)14(20)19-11(3)12-6-8-13(9-7-12)15(16,17)18/h6-11H,4-5H2,1-3H3,(H,19,20). The van der Waals surface area contributed by atoms with E-state index >= 15 is 0 Å². The van der Waals surface area contributed by atoms with Gasteiger partial charge in [0.15, 0.2) is 0 Å². The molecular formula is C15H20F3NO. The molecule has 5 heteroatoms. The van der Waals surface area contributed by atoms with E-state index in [4.69, 9.17) is 0 Å². The highest BCUT2D eigenvalue weighted by Gasteiger charge is 2.30. The molecule has 2 unspecified atom stereocenters. The maximum absolute atomic E-state index is 12.5. The summed E-state index contributed by atoms with van der Waals surface area (Å²) in [6, 6.07) is 4.57. The Bertz CT molecular complexity index is 439. The Morgan fingerprint density at radius 3 is 2.20 bits per heavy atom. The molecule has 1 rings (SSSR count). The van der Waals surface area contributed by atoms with Crippen molar-refractivity contribution in [1.29, 1.82) is 0 Å². The first-order chi connectivity index (χ1) is 9.25. The van der Waals surface area contributed by atoms with Gasteiger partial charge in [-0.3, -0.25) is 4.79 Å². The van der Waals surface area contributed by atoms with Crippen LogP contribution in [-0.2, 0) is 11.0 Å². The molecule has 0 aliphatic heterocycles. The smallest absolute Gasteiger partial charge is 0.349 e. The summed E-state index contributed by atoms with van der Waals surface area (Å²) in [5, 5.41) is 2.82. The number of rotatable bonds is 5. The molecule has 1 aromatic carbocycles. The average molecular weight is 287 g/mol. The molecule has 0 aliphatic carbocycles. The predicted molar refractivity (Wildman–Crippen MR) is 72.1 cm³/mol. The van der Waals surface area contributed by atoms with Crippen LogP contribution in [-0.4, -0.2) is 5.91 Å². The second kappa shape index (κ2) is 6.77. The fourth-order valence-corrected chi connectivity index (χ4v) is 1.96. The number of amides is 1. The van der Waals surface area contributed by atoms with Gasteiger partial charge < -0.3 is 5.32 Å². The summed E-state index contributed by atoms with van der Waals surface area (Å²) >= 11 is 0. The van der Waals surface area contributed by atoms with Gasteiger partial charge in [0.2, 0.25) is 5.91 Å². The molecule has 0 saturated heterocycles. The third kappa shape index (κ3) is 4.54. The largest absolute Gasteiger partial charge is 0.416 e. The summed E-state index contributed by atoms with van der Waals surface area (Å²) in [5.41, 5.74) is -0.0193. The number of carbonyl (C=O) groups is 1. The first kappa shape index (κ1) is 16.5. The number of halogens is 3. The zero-order valence-electron chi connectivity index (χ0n) is 11.9. The molecular weight excluding hydrogens is 267 g/mol. The van der Waals surface area contributed by atoms with E-state index in [1.807, 2.05) is 13.8 Å². The lowest BCUT2D eigenvalue weighted by atomic mass is 10.0. The second-order valence-electron chi connectivity index (χ2n) is 5.04. The Kier molecular flexibility index (Phi) is 5.60. The Hall–Kier alpha value is -1.52. The van der Waals surface area contributed by atoms with Crippen molar-refractivity contribution in [2.75, 3.05) is 0 Å². The Morgan fingerprint density at radius 1 is 1.20 bits per heavy atom. The monoisotopic (exact) mass is 287 g/mol. The molecule has 0 bridgehead atoms. The van der Waals surface area contributed by atoms with Crippen LogP contribution in [0.3, 0.4) is 0 Å². The summed E-state index contributed by atoms with van der Waals surface area (Å²) in [5.74, 6) is -0.156. The van der Waals surface area contributed by atoms with Gasteiger partial charge in [-0.1, -0.05) is 32.4 Å². The fraction of sp³-hybridized carbons (Fsp3) is 0.533. The van der Waals surface area contributed by atoms with Crippen LogP contribution in [0.25, 0.3) is 0 Å². The molecule has 2 nitrogen and oxygen atoms in total. The fourth-order valence-electron chi connectivity index (χ4n) is 1.96. The van der Waals surface area contributed by atoms with Crippen LogP contribution in [0.2, 0.25) is 0 Å². The van der Waals surface area contributed by atoms with Gasteiger partial charge in [-0.15, -0.1) is 0 Å². The third-order valence-corrected chi connectivity index (χ3v) is 3.27. The van der Waals surface area contributed by atoms with Crippen LogP contribution in [0.1, 0.15) is 50.8 Å². The minimum atomic E-state index is -4.33. The maximum Gasteiger partial charge on any atom is 0.416 e. The molecule has 1 amide bonds. The zero-order chi connectivity index (χ0) is 15.3. The van der Waals surface area contributed by atoms with E-state index in [-0.39, 0.29) is 17.9 Å². The van der Waals surface area contributed by atoms with Crippen molar-refractivity contribution >= 4 is 5.91 Å².